The molecule has 0 aromatic heterocycles. The summed E-state index contributed by atoms with van der Waals surface area (Å²) >= 11 is 0. The number of hydrogen-bond acceptors (Lipinski definition) is 21. The molecule has 0 radical (unpaired) electrons. The Kier molecular flexibility index (Phi) is 17.7. The van der Waals surface area contributed by atoms with Crippen molar-refractivity contribution >= 4 is 17.7 Å². The molecule has 5 aliphatic heterocycles. The molecular weight excluding hydrogens is 806 g/mol. The molecule has 60 heavy (non-hydrogen) atoms. The van der Waals surface area contributed by atoms with Crippen LogP contribution in [0.4, 0.5) is 0 Å². The van der Waals surface area contributed by atoms with Gasteiger partial charge in [-0.25, -0.2) is 0 Å². The predicted octanol–water partition coefficient (Wildman–Crippen LogP) is -7.04. The second-order valence-corrected chi connectivity index (χ2v) is 15.7. The third kappa shape index (κ3) is 10.7. The predicted molar refractivity (Wildman–Crippen MR) is 199 cm³/mol. The highest BCUT2D eigenvalue weighted by atomic mass is 16.8. The number of carbonyl (C=O) groups is 3. The van der Waals surface area contributed by atoms with E-state index in [0.29, 0.717) is 13.0 Å². The lowest BCUT2D eigenvalue weighted by molar-refractivity contribution is -0.360. The third-order valence-corrected chi connectivity index (χ3v) is 11.7. The summed E-state index contributed by atoms with van der Waals surface area (Å²) in [6.07, 6.45) is -19.5. The molecule has 13 N–H and O–H groups in total. The molecular formula is C36H63N5O19. The van der Waals surface area contributed by atoms with Crippen molar-refractivity contribution in [2.24, 2.45) is 11.7 Å². The SMILES string of the molecule is COC1OC(CO)C(OC2OC(CO)C(OC3OC(CO)C(OC4OC(CO)C(C)C(OC)C4NC(=O)C4CCCN4)C(O)C3NC(C)=O)C(O)C2N)C(O)C1NC(C)=O. The molecule has 5 rings (SSSR count). The van der Waals surface area contributed by atoms with Gasteiger partial charge in [-0.3, -0.25) is 14.4 Å². The minimum Gasteiger partial charge on any atom is -0.394 e. The summed E-state index contributed by atoms with van der Waals surface area (Å²) in [7, 11) is 2.70. The summed E-state index contributed by atoms with van der Waals surface area (Å²) in [5.41, 5.74) is 6.38. The molecule has 24 heteroatoms. The molecule has 21 atom stereocenters. The number of carbonyl (C=O) groups excluding carboxylic acids is 3. The highest BCUT2D eigenvalue weighted by molar-refractivity contribution is 5.82. The van der Waals surface area contributed by atoms with Gasteiger partial charge in [0.2, 0.25) is 17.7 Å². The van der Waals surface area contributed by atoms with Gasteiger partial charge in [-0.05, 0) is 19.4 Å². The van der Waals surface area contributed by atoms with Crippen LogP contribution < -0.4 is 27.0 Å². The zero-order valence-electron chi connectivity index (χ0n) is 34.2. The summed E-state index contributed by atoms with van der Waals surface area (Å²) in [6, 6.07) is -5.58. The molecule has 5 saturated heterocycles. The smallest absolute Gasteiger partial charge is 0.237 e. The van der Waals surface area contributed by atoms with E-state index in [-0.39, 0.29) is 5.91 Å². The maximum atomic E-state index is 13.3. The maximum absolute atomic E-state index is 13.3. The van der Waals surface area contributed by atoms with Crippen LogP contribution in [0.15, 0.2) is 0 Å². The Balaban J connectivity index is 1.34. The van der Waals surface area contributed by atoms with Crippen LogP contribution in [-0.2, 0) is 57.0 Å². The first-order valence-electron chi connectivity index (χ1n) is 20.1. The number of amides is 3. The second kappa shape index (κ2) is 21.9. The Morgan fingerprint density at radius 2 is 1.08 bits per heavy atom. The van der Waals surface area contributed by atoms with Crippen LogP contribution in [-0.4, -0.2) is 223 Å². The van der Waals surface area contributed by atoms with Crippen LogP contribution in [0.3, 0.4) is 0 Å². The van der Waals surface area contributed by atoms with Crippen molar-refractivity contribution in [3.63, 3.8) is 0 Å². The topological polar surface area (TPSA) is 350 Å². The molecule has 24 nitrogen and oxygen atoms in total. The zero-order chi connectivity index (χ0) is 44.0. The van der Waals surface area contributed by atoms with Crippen molar-refractivity contribution in [1.82, 2.24) is 21.3 Å². The van der Waals surface area contributed by atoms with Gasteiger partial charge >= 0.3 is 0 Å². The molecule has 21 unspecified atom stereocenters. The van der Waals surface area contributed by atoms with Gasteiger partial charge in [0, 0.05) is 34.0 Å². The highest BCUT2D eigenvalue weighted by Crippen LogP contribution is 2.35. The zero-order valence-corrected chi connectivity index (χ0v) is 34.2. The molecule has 0 saturated carbocycles. The average molecular weight is 870 g/mol. The molecule has 0 aromatic carbocycles. The molecule has 0 aromatic rings. The van der Waals surface area contributed by atoms with Crippen molar-refractivity contribution in [3.05, 3.63) is 0 Å². The Hall–Kier alpha value is -2.31. The first-order chi connectivity index (χ1) is 28.6. The van der Waals surface area contributed by atoms with Crippen molar-refractivity contribution < 1.29 is 92.8 Å². The number of hydrogen-bond donors (Lipinski definition) is 12. The van der Waals surface area contributed by atoms with Crippen molar-refractivity contribution in [3.8, 4) is 0 Å². The Bertz CT molecular complexity index is 1400. The number of ether oxygens (including phenoxy) is 9. The van der Waals surface area contributed by atoms with E-state index in [1.54, 1.807) is 6.92 Å². The van der Waals surface area contributed by atoms with Crippen LogP contribution in [0.25, 0.3) is 0 Å². The van der Waals surface area contributed by atoms with Gasteiger partial charge in [0.15, 0.2) is 25.2 Å². The molecule has 0 bridgehead atoms. The van der Waals surface area contributed by atoms with Gasteiger partial charge in [0.25, 0.3) is 0 Å². The van der Waals surface area contributed by atoms with E-state index in [2.05, 4.69) is 21.3 Å². The van der Waals surface area contributed by atoms with E-state index in [9.17, 15) is 50.1 Å². The van der Waals surface area contributed by atoms with Gasteiger partial charge in [0.05, 0.1) is 50.7 Å². The second-order valence-electron chi connectivity index (χ2n) is 15.7. The van der Waals surface area contributed by atoms with E-state index in [1.807, 2.05) is 0 Å². The number of aliphatic hydroxyl groups is 7. The first kappa shape index (κ1) is 48.7. The quantitative estimate of drug-likeness (QED) is 0.0686. The van der Waals surface area contributed by atoms with Gasteiger partial charge < -0.3 is 105 Å². The molecule has 3 amide bonds. The van der Waals surface area contributed by atoms with E-state index in [0.717, 1.165) is 13.3 Å². The molecule has 5 fully saturated rings. The van der Waals surface area contributed by atoms with Crippen molar-refractivity contribution in [2.75, 3.05) is 47.2 Å². The largest absolute Gasteiger partial charge is 0.394 e. The maximum Gasteiger partial charge on any atom is 0.237 e. The number of methoxy groups -OCH3 is 2. The summed E-state index contributed by atoms with van der Waals surface area (Å²) in [5.74, 6) is -1.97. The minimum absolute atomic E-state index is 0.349. The van der Waals surface area contributed by atoms with E-state index in [4.69, 9.17) is 48.4 Å². The van der Waals surface area contributed by atoms with Crippen molar-refractivity contribution in [1.29, 1.82) is 0 Å². The first-order valence-corrected chi connectivity index (χ1v) is 20.1. The van der Waals surface area contributed by atoms with Gasteiger partial charge in [-0.1, -0.05) is 6.92 Å². The lowest BCUT2D eigenvalue weighted by Gasteiger charge is -2.51. The molecule has 5 heterocycles. The fourth-order valence-corrected chi connectivity index (χ4v) is 8.49. The number of aliphatic hydroxyl groups excluding tert-OH is 7. The van der Waals surface area contributed by atoms with Crippen LogP contribution in [0.2, 0.25) is 0 Å². The number of nitrogens with one attached hydrogen (secondary N) is 4. The lowest BCUT2D eigenvalue weighted by Crippen LogP contribution is -2.71. The van der Waals surface area contributed by atoms with E-state index >= 15 is 0 Å². The molecule has 0 spiro atoms. The van der Waals surface area contributed by atoms with Gasteiger partial charge in [0.1, 0.15) is 73.1 Å². The standard InChI is InChI=1S/C36H63N5O19/c1-13-17(9-42)54-36(24(28(13)52-4)41-32(51)16-7-6-8-38-16)60-31-20(12-45)57-35(23(27(31)50)40-15(3)47)59-29-18(10-43)55-33(21(37)25(29)48)58-30-19(11-44)56-34(53-5)22(26(30)49)39-14(2)46/h13,16-31,33-36,38,42-45,48-50H,6-12,37H2,1-5H3,(H,39,46)(H,40,47)(H,41,51). The van der Waals surface area contributed by atoms with Crippen LogP contribution >= 0.6 is 0 Å². The Labute approximate surface area is 346 Å². The monoisotopic (exact) mass is 869 g/mol. The molecule has 5 aliphatic rings. The Morgan fingerprint density at radius 3 is 1.55 bits per heavy atom. The summed E-state index contributed by atoms with van der Waals surface area (Å²) in [4.78, 5) is 37.7. The minimum atomic E-state index is -1.73. The van der Waals surface area contributed by atoms with Gasteiger partial charge in [-0.15, -0.1) is 0 Å². The summed E-state index contributed by atoms with van der Waals surface area (Å²) in [6.45, 7) is 2.06. The van der Waals surface area contributed by atoms with Crippen molar-refractivity contribution in [2.45, 2.75) is 156 Å². The van der Waals surface area contributed by atoms with Gasteiger partial charge in [-0.2, -0.15) is 0 Å². The van der Waals surface area contributed by atoms with Crippen LogP contribution in [0, 0.1) is 5.92 Å². The highest BCUT2D eigenvalue weighted by Gasteiger charge is 2.56. The normalized spacial score (nSPS) is 44.9. The Morgan fingerprint density at radius 1 is 0.633 bits per heavy atom. The average Bonchev–Trinajstić information content (AvgIpc) is 3.77. The number of nitrogens with two attached hydrogens (primary N) is 1. The molecule has 0 aliphatic carbocycles. The van der Waals surface area contributed by atoms with E-state index in [1.165, 1.54) is 21.1 Å². The summed E-state index contributed by atoms with van der Waals surface area (Å²) < 4.78 is 53.2. The van der Waals surface area contributed by atoms with Crippen LogP contribution in [0.1, 0.15) is 33.6 Å². The van der Waals surface area contributed by atoms with Crippen LogP contribution in [0.5, 0.6) is 0 Å². The third-order valence-electron chi connectivity index (χ3n) is 11.7. The fourth-order valence-electron chi connectivity index (χ4n) is 8.49. The molecule has 346 valence electrons. The lowest BCUT2D eigenvalue weighted by atomic mass is 9.88. The van der Waals surface area contributed by atoms with E-state index < -0.39 is 167 Å². The number of rotatable bonds is 16. The summed E-state index contributed by atoms with van der Waals surface area (Å²) in [5, 5.41) is 87.0. The fraction of sp³-hybridized carbons (Fsp3) is 0.917.